The van der Waals surface area contributed by atoms with Gasteiger partial charge in [-0.1, -0.05) is 30.3 Å². The Morgan fingerprint density at radius 3 is 2.25 bits per heavy atom. The Balaban J connectivity index is 1.53. The van der Waals surface area contributed by atoms with Crippen LogP contribution in [0.15, 0.2) is 78.6 Å². The van der Waals surface area contributed by atoms with Gasteiger partial charge in [0, 0.05) is 11.8 Å². The van der Waals surface area contributed by atoms with Crippen LogP contribution in [0, 0.1) is 11.6 Å². The second-order valence-electron chi connectivity index (χ2n) is 7.80. The summed E-state index contributed by atoms with van der Waals surface area (Å²) in [5.74, 6) is -1.83. The first-order chi connectivity index (χ1) is 15.2. The number of benzene rings is 3. The van der Waals surface area contributed by atoms with Gasteiger partial charge in [-0.25, -0.2) is 13.2 Å². The van der Waals surface area contributed by atoms with Gasteiger partial charge < -0.3 is 4.74 Å². The van der Waals surface area contributed by atoms with E-state index in [1.54, 1.807) is 30.3 Å². The van der Waals surface area contributed by atoms with Crippen LogP contribution in [0.1, 0.15) is 29.5 Å². The van der Waals surface area contributed by atoms with Crippen molar-refractivity contribution in [1.29, 1.82) is 0 Å². The molecule has 1 fully saturated rings. The summed E-state index contributed by atoms with van der Waals surface area (Å²) in [6.07, 6.45) is -2.74. The maximum atomic E-state index is 14.8. The van der Waals surface area contributed by atoms with Crippen LogP contribution < -0.4 is 4.74 Å². The van der Waals surface area contributed by atoms with E-state index in [-0.39, 0.29) is 17.7 Å². The van der Waals surface area contributed by atoms with Crippen LogP contribution in [0.5, 0.6) is 11.5 Å². The molecule has 0 bridgehead atoms. The van der Waals surface area contributed by atoms with Gasteiger partial charge >= 0.3 is 6.18 Å². The number of halogens is 6. The predicted molar refractivity (Wildman–Crippen MR) is 108 cm³/mol. The maximum absolute atomic E-state index is 14.8. The quantitative estimate of drug-likeness (QED) is 0.348. The number of ether oxygens (including phenoxy) is 1. The fourth-order valence-corrected chi connectivity index (χ4v) is 3.62. The summed E-state index contributed by atoms with van der Waals surface area (Å²) in [4.78, 5) is 0. The van der Waals surface area contributed by atoms with Crippen LogP contribution >= 0.6 is 0 Å². The first-order valence-corrected chi connectivity index (χ1v) is 9.92. The van der Waals surface area contributed by atoms with E-state index in [1.165, 1.54) is 24.3 Å². The molecule has 32 heavy (non-hydrogen) atoms. The van der Waals surface area contributed by atoms with Crippen LogP contribution in [-0.4, -0.2) is 0 Å². The number of hydrogen-bond donors (Lipinski definition) is 0. The highest BCUT2D eigenvalue weighted by Crippen LogP contribution is 2.51. The van der Waals surface area contributed by atoms with Crippen molar-refractivity contribution in [1.82, 2.24) is 0 Å². The molecule has 1 saturated carbocycles. The number of rotatable bonds is 6. The van der Waals surface area contributed by atoms with E-state index < -0.39 is 34.6 Å². The van der Waals surface area contributed by atoms with E-state index in [1.807, 2.05) is 0 Å². The highest BCUT2D eigenvalue weighted by atomic mass is 19.4. The van der Waals surface area contributed by atoms with Crippen LogP contribution in [-0.2, 0) is 18.0 Å². The molecule has 0 heterocycles. The Hall–Kier alpha value is -3.22. The lowest BCUT2D eigenvalue weighted by molar-refractivity contribution is -0.137. The topological polar surface area (TPSA) is 9.23 Å². The minimum Gasteiger partial charge on any atom is -0.454 e. The monoisotopic (exact) mass is 448 g/mol. The Morgan fingerprint density at radius 2 is 1.62 bits per heavy atom. The van der Waals surface area contributed by atoms with Crippen molar-refractivity contribution in [3.63, 3.8) is 0 Å². The molecule has 3 aromatic rings. The van der Waals surface area contributed by atoms with Gasteiger partial charge in [-0.3, -0.25) is 0 Å². The number of hydrogen-bond acceptors (Lipinski definition) is 1. The van der Waals surface area contributed by atoms with Gasteiger partial charge in [0.2, 0.25) is 0 Å². The molecule has 0 saturated heterocycles. The molecule has 0 spiro atoms. The fraction of sp³-hybridized carbons (Fsp3) is 0.200. The summed E-state index contributed by atoms with van der Waals surface area (Å²) in [5, 5.41) is 0. The largest absolute Gasteiger partial charge is 0.454 e. The zero-order valence-electron chi connectivity index (χ0n) is 16.7. The summed E-state index contributed by atoms with van der Waals surface area (Å²) in [6, 6.07) is 14.8. The van der Waals surface area contributed by atoms with Crippen molar-refractivity contribution in [3.8, 4) is 11.5 Å². The van der Waals surface area contributed by atoms with E-state index >= 15 is 0 Å². The summed E-state index contributed by atoms with van der Waals surface area (Å²) in [7, 11) is 0. The summed E-state index contributed by atoms with van der Waals surface area (Å²) >= 11 is 0. The molecule has 1 nitrogen and oxygen atoms in total. The second-order valence-corrected chi connectivity index (χ2v) is 7.80. The molecule has 166 valence electrons. The van der Waals surface area contributed by atoms with E-state index in [0.29, 0.717) is 30.2 Å². The van der Waals surface area contributed by atoms with Crippen LogP contribution in [0.3, 0.4) is 0 Å². The van der Waals surface area contributed by atoms with E-state index in [4.69, 9.17) is 4.74 Å². The normalized spacial score (nSPS) is 15.5. The summed E-state index contributed by atoms with van der Waals surface area (Å²) < 4.78 is 87.2. The first kappa shape index (κ1) is 22.0. The molecule has 1 aliphatic carbocycles. The lowest BCUT2D eigenvalue weighted by Crippen LogP contribution is -2.11. The average Bonchev–Trinajstić information content (AvgIpc) is 3.50. The molecule has 7 heteroatoms. The Bertz CT molecular complexity index is 1150. The van der Waals surface area contributed by atoms with E-state index in [2.05, 4.69) is 0 Å². The van der Waals surface area contributed by atoms with Gasteiger partial charge in [0.25, 0.3) is 0 Å². The van der Waals surface area contributed by atoms with Crippen molar-refractivity contribution in [2.24, 2.45) is 0 Å². The van der Waals surface area contributed by atoms with Gasteiger partial charge in [0.1, 0.15) is 17.4 Å². The van der Waals surface area contributed by atoms with Crippen LogP contribution in [0.25, 0.3) is 0 Å². The molecule has 3 aromatic carbocycles. The van der Waals surface area contributed by atoms with E-state index in [9.17, 15) is 26.3 Å². The molecule has 0 aromatic heterocycles. The van der Waals surface area contributed by atoms with Crippen LogP contribution in [0.2, 0.25) is 0 Å². The predicted octanol–water partition coefficient (Wildman–Crippen LogP) is 7.90. The number of alkyl halides is 3. The van der Waals surface area contributed by atoms with Crippen molar-refractivity contribution < 1.29 is 31.1 Å². The van der Waals surface area contributed by atoms with E-state index in [0.717, 1.165) is 12.1 Å². The Kier molecular flexibility index (Phi) is 5.75. The van der Waals surface area contributed by atoms with Crippen molar-refractivity contribution in [2.45, 2.75) is 30.9 Å². The minimum absolute atomic E-state index is 0.0351. The molecule has 0 amide bonds. The number of allylic oxidation sites excluding steroid dienone is 2. The van der Waals surface area contributed by atoms with Gasteiger partial charge in [-0.05, 0) is 66.4 Å². The van der Waals surface area contributed by atoms with Crippen molar-refractivity contribution in [3.05, 3.63) is 107 Å². The first-order valence-electron chi connectivity index (χ1n) is 9.92. The van der Waals surface area contributed by atoms with Gasteiger partial charge in [-0.15, -0.1) is 0 Å². The molecule has 4 rings (SSSR count). The standard InChI is InChI=1S/C25H18F6O/c26-18(12-16-6-9-21(27)23(13-16)32-19-4-2-1-3-5-19)15-24(10-11-24)20-8-7-17(14-22(20)28)25(29,30)31/h1-9,13-15H,10-12H2. The highest BCUT2D eigenvalue weighted by molar-refractivity contribution is 5.42. The Morgan fingerprint density at radius 1 is 0.906 bits per heavy atom. The van der Waals surface area contributed by atoms with Crippen molar-refractivity contribution >= 4 is 0 Å². The third-order valence-electron chi connectivity index (χ3n) is 5.39. The SMILES string of the molecule is FC(=CC1(c2ccc(C(F)(F)F)cc2F)CC1)Cc1ccc(F)c(Oc2ccccc2)c1. The molecular formula is C25H18F6O. The summed E-state index contributed by atoms with van der Waals surface area (Å²) in [5.41, 5.74) is -1.58. The molecule has 0 radical (unpaired) electrons. The van der Waals surface area contributed by atoms with Crippen molar-refractivity contribution in [2.75, 3.05) is 0 Å². The molecule has 0 aliphatic heterocycles. The zero-order chi connectivity index (χ0) is 22.9. The van der Waals surface area contributed by atoms with Gasteiger partial charge in [0.15, 0.2) is 11.6 Å². The van der Waals surface area contributed by atoms with Crippen LogP contribution in [0.4, 0.5) is 26.3 Å². The summed E-state index contributed by atoms with van der Waals surface area (Å²) in [6.45, 7) is 0. The highest BCUT2D eigenvalue weighted by Gasteiger charge is 2.45. The maximum Gasteiger partial charge on any atom is 0.416 e. The van der Waals surface area contributed by atoms with Gasteiger partial charge in [0.05, 0.1) is 5.56 Å². The lowest BCUT2D eigenvalue weighted by atomic mass is 9.92. The van der Waals surface area contributed by atoms with Gasteiger partial charge in [-0.2, -0.15) is 13.2 Å². The molecule has 0 N–H and O–H groups in total. The lowest BCUT2D eigenvalue weighted by Gasteiger charge is -2.15. The fourth-order valence-electron chi connectivity index (χ4n) is 3.62. The second kappa shape index (κ2) is 8.37. The molecular weight excluding hydrogens is 430 g/mol. The Labute approximate surface area is 181 Å². The molecule has 0 atom stereocenters. The zero-order valence-corrected chi connectivity index (χ0v) is 16.7. The molecule has 0 unspecified atom stereocenters. The number of para-hydroxylation sites is 1. The molecule has 1 aliphatic rings. The third kappa shape index (κ3) is 4.82. The average molecular weight is 448 g/mol. The third-order valence-corrected chi connectivity index (χ3v) is 5.39. The minimum atomic E-state index is -4.65. The smallest absolute Gasteiger partial charge is 0.416 e.